The van der Waals surface area contributed by atoms with Crippen molar-refractivity contribution < 1.29 is 13.9 Å². The summed E-state index contributed by atoms with van der Waals surface area (Å²) in [5.41, 5.74) is 0. The lowest BCUT2D eigenvalue weighted by atomic mass is 9.82. The predicted molar refractivity (Wildman–Crippen MR) is 78.5 cm³/mol. The Morgan fingerprint density at radius 1 is 1.25 bits per heavy atom. The van der Waals surface area contributed by atoms with Crippen molar-refractivity contribution in [2.24, 2.45) is 11.8 Å². The van der Waals surface area contributed by atoms with Gasteiger partial charge in [0.15, 0.2) is 0 Å². The Morgan fingerprint density at radius 3 is 2.55 bits per heavy atom. The van der Waals surface area contributed by atoms with E-state index in [4.69, 9.17) is 13.9 Å². The van der Waals surface area contributed by atoms with Crippen LogP contribution in [0.25, 0.3) is 0 Å². The molecule has 0 saturated carbocycles. The van der Waals surface area contributed by atoms with Gasteiger partial charge in [-0.2, -0.15) is 0 Å². The molecule has 4 nitrogen and oxygen atoms in total. The Kier molecular flexibility index (Phi) is 5.24. The zero-order valence-electron chi connectivity index (χ0n) is 13.2. The fourth-order valence-corrected chi connectivity index (χ4v) is 3.30. The highest BCUT2D eigenvalue weighted by Gasteiger charge is 2.43. The molecule has 1 aromatic heterocycles. The predicted octanol–water partition coefficient (Wildman–Crippen LogP) is 3.14. The van der Waals surface area contributed by atoms with Crippen molar-refractivity contribution in [2.45, 2.75) is 52.6 Å². The summed E-state index contributed by atoms with van der Waals surface area (Å²) >= 11 is 0. The van der Waals surface area contributed by atoms with Gasteiger partial charge in [-0.15, -0.1) is 0 Å². The van der Waals surface area contributed by atoms with E-state index in [1.54, 1.807) is 7.11 Å². The topological polar surface area (TPSA) is 43.6 Å². The summed E-state index contributed by atoms with van der Waals surface area (Å²) in [7, 11) is 1.68. The van der Waals surface area contributed by atoms with Crippen LogP contribution in [0.15, 0.2) is 16.5 Å². The van der Waals surface area contributed by atoms with Crippen molar-refractivity contribution in [1.82, 2.24) is 5.32 Å². The number of methoxy groups -OCH3 is 1. The second-order valence-electron chi connectivity index (χ2n) is 5.76. The second kappa shape index (κ2) is 6.74. The van der Waals surface area contributed by atoms with E-state index < -0.39 is 0 Å². The minimum Gasteiger partial charge on any atom is -0.462 e. The number of ether oxygens (including phenoxy) is 2. The third kappa shape index (κ3) is 3.08. The lowest BCUT2D eigenvalue weighted by Gasteiger charge is -2.28. The van der Waals surface area contributed by atoms with Crippen molar-refractivity contribution in [2.75, 3.05) is 13.7 Å². The fraction of sp³-hybridized carbons (Fsp3) is 0.750. The van der Waals surface area contributed by atoms with Gasteiger partial charge in [0, 0.05) is 13.0 Å². The van der Waals surface area contributed by atoms with Crippen LogP contribution in [0.1, 0.15) is 45.3 Å². The third-order valence-corrected chi connectivity index (χ3v) is 4.40. The Balaban J connectivity index is 2.21. The van der Waals surface area contributed by atoms with Crippen LogP contribution in [0, 0.1) is 11.8 Å². The van der Waals surface area contributed by atoms with Crippen molar-refractivity contribution in [3.63, 3.8) is 0 Å². The van der Waals surface area contributed by atoms with E-state index in [1.165, 1.54) is 0 Å². The van der Waals surface area contributed by atoms with Crippen molar-refractivity contribution in [3.8, 4) is 0 Å². The molecule has 0 aliphatic carbocycles. The molecule has 1 aliphatic rings. The molecule has 1 fully saturated rings. The first-order chi connectivity index (χ1) is 9.58. The highest BCUT2D eigenvalue weighted by Crippen LogP contribution is 2.40. The SMILES string of the molecule is CCNC(c1ccc(COC)o1)C1C(C)OC(C)C1C. The molecule has 2 rings (SSSR count). The molecule has 4 heteroatoms. The minimum absolute atomic E-state index is 0.195. The van der Waals surface area contributed by atoms with Gasteiger partial charge in [-0.3, -0.25) is 0 Å². The Hall–Kier alpha value is -0.840. The van der Waals surface area contributed by atoms with E-state index in [-0.39, 0.29) is 12.1 Å². The smallest absolute Gasteiger partial charge is 0.129 e. The second-order valence-corrected chi connectivity index (χ2v) is 5.76. The third-order valence-electron chi connectivity index (χ3n) is 4.40. The van der Waals surface area contributed by atoms with Gasteiger partial charge < -0.3 is 19.2 Å². The summed E-state index contributed by atoms with van der Waals surface area (Å²) < 4.78 is 17.0. The van der Waals surface area contributed by atoms with Crippen LogP contribution in [-0.4, -0.2) is 25.9 Å². The summed E-state index contributed by atoms with van der Waals surface area (Å²) in [6, 6.07) is 4.25. The molecule has 1 saturated heterocycles. The maximum Gasteiger partial charge on any atom is 0.129 e. The number of furan rings is 1. The van der Waals surface area contributed by atoms with Gasteiger partial charge in [0.1, 0.15) is 18.1 Å². The first kappa shape index (κ1) is 15.5. The van der Waals surface area contributed by atoms with Gasteiger partial charge in [0.2, 0.25) is 0 Å². The summed E-state index contributed by atoms with van der Waals surface area (Å²) in [6.07, 6.45) is 0.532. The maximum atomic E-state index is 5.98. The van der Waals surface area contributed by atoms with Crippen LogP contribution < -0.4 is 5.32 Å². The van der Waals surface area contributed by atoms with Gasteiger partial charge >= 0.3 is 0 Å². The number of rotatable bonds is 6. The fourth-order valence-electron chi connectivity index (χ4n) is 3.30. The Labute approximate surface area is 121 Å². The van der Waals surface area contributed by atoms with E-state index in [2.05, 4.69) is 39.1 Å². The summed E-state index contributed by atoms with van der Waals surface area (Å²) in [4.78, 5) is 0. The van der Waals surface area contributed by atoms with Crippen molar-refractivity contribution >= 4 is 0 Å². The molecule has 5 unspecified atom stereocenters. The Bertz CT molecular complexity index is 418. The quantitative estimate of drug-likeness (QED) is 0.870. The molecule has 0 aromatic carbocycles. The average Bonchev–Trinajstić information content (AvgIpc) is 2.95. The molecular weight excluding hydrogens is 254 g/mol. The average molecular weight is 281 g/mol. The molecule has 0 spiro atoms. The molecule has 20 heavy (non-hydrogen) atoms. The number of hydrogen-bond acceptors (Lipinski definition) is 4. The molecule has 0 radical (unpaired) electrons. The minimum atomic E-state index is 0.195. The van der Waals surface area contributed by atoms with Crippen LogP contribution in [0.5, 0.6) is 0 Å². The monoisotopic (exact) mass is 281 g/mol. The summed E-state index contributed by atoms with van der Waals surface area (Å²) in [5.74, 6) is 2.79. The zero-order chi connectivity index (χ0) is 14.7. The lowest BCUT2D eigenvalue weighted by Crippen LogP contribution is -2.34. The van der Waals surface area contributed by atoms with Gasteiger partial charge in [-0.05, 0) is 38.4 Å². The molecule has 1 aliphatic heterocycles. The number of hydrogen-bond donors (Lipinski definition) is 1. The molecule has 5 atom stereocenters. The Morgan fingerprint density at radius 2 is 2.00 bits per heavy atom. The summed E-state index contributed by atoms with van der Waals surface area (Å²) in [6.45, 7) is 10.1. The van der Waals surface area contributed by atoms with Crippen LogP contribution in [0.2, 0.25) is 0 Å². The maximum absolute atomic E-state index is 5.98. The van der Waals surface area contributed by atoms with Crippen LogP contribution in [-0.2, 0) is 16.1 Å². The highest BCUT2D eigenvalue weighted by molar-refractivity contribution is 5.13. The van der Waals surface area contributed by atoms with Gasteiger partial charge in [0.05, 0.1) is 18.2 Å². The normalized spacial score (nSPS) is 31.6. The van der Waals surface area contributed by atoms with Gasteiger partial charge in [0.25, 0.3) is 0 Å². The molecule has 0 amide bonds. The molecular formula is C16H27NO3. The van der Waals surface area contributed by atoms with Crippen LogP contribution >= 0.6 is 0 Å². The van der Waals surface area contributed by atoms with E-state index in [0.717, 1.165) is 18.1 Å². The molecule has 114 valence electrons. The largest absolute Gasteiger partial charge is 0.462 e. The first-order valence-electron chi connectivity index (χ1n) is 7.54. The zero-order valence-corrected chi connectivity index (χ0v) is 13.2. The van der Waals surface area contributed by atoms with E-state index in [1.807, 2.05) is 6.07 Å². The standard InChI is InChI=1S/C16H27NO3/c1-6-17-16(14-8-7-13(20-14)9-18-5)15-10(2)11(3)19-12(15)4/h7-8,10-12,15-17H,6,9H2,1-5H3. The molecule has 2 heterocycles. The first-order valence-corrected chi connectivity index (χ1v) is 7.54. The van der Waals surface area contributed by atoms with E-state index in [0.29, 0.717) is 24.5 Å². The molecule has 1 aromatic rings. The molecule has 1 N–H and O–H groups in total. The van der Waals surface area contributed by atoms with Crippen molar-refractivity contribution in [1.29, 1.82) is 0 Å². The molecule has 0 bridgehead atoms. The van der Waals surface area contributed by atoms with Crippen molar-refractivity contribution in [3.05, 3.63) is 23.7 Å². The van der Waals surface area contributed by atoms with E-state index >= 15 is 0 Å². The van der Waals surface area contributed by atoms with Gasteiger partial charge in [-0.25, -0.2) is 0 Å². The highest BCUT2D eigenvalue weighted by atomic mass is 16.5. The number of nitrogens with one attached hydrogen (secondary N) is 1. The van der Waals surface area contributed by atoms with Crippen LogP contribution in [0.3, 0.4) is 0 Å². The van der Waals surface area contributed by atoms with E-state index in [9.17, 15) is 0 Å². The van der Waals surface area contributed by atoms with Gasteiger partial charge in [-0.1, -0.05) is 13.8 Å². The van der Waals surface area contributed by atoms with Crippen LogP contribution in [0.4, 0.5) is 0 Å². The lowest BCUT2D eigenvalue weighted by molar-refractivity contribution is 0.0464. The summed E-state index contributed by atoms with van der Waals surface area (Å²) in [5, 5.41) is 3.56.